The Morgan fingerprint density at radius 1 is 1.04 bits per heavy atom. The number of pyridine rings is 1. The van der Waals surface area contributed by atoms with Crippen molar-refractivity contribution in [3.63, 3.8) is 0 Å². The molecule has 25 heavy (non-hydrogen) atoms. The van der Waals surface area contributed by atoms with E-state index in [2.05, 4.69) is 17.4 Å². The van der Waals surface area contributed by atoms with Crippen LogP contribution in [0.5, 0.6) is 0 Å². The maximum Gasteiger partial charge on any atom is 0.258 e. The van der Waals surface area contributed by atoms with Gasteiger partial charge in [-0.2, -0.15) is 0 Å². The van der Waals surface area contributed by atoms with Gasteiger partial charge in [0.15, 0.2) is 0 Å². The van der Waals surface area contributed by atoms with Crippen LogP contribution in [0.25, 0.3) is 10.8 Å². The second-order valence-corrected chi connectivity index (χ2v) is 6.33. The molecule has 0 aliphatic rings. The van der Waals surface area contributed by atoms with Crippen molar-refractivity contribution >= 4 is 16.7 Å². The fraction of sp³-hybridized carbons (Fsp3) is 0.238. The predicted octanol–water partition coefficient (Wildman–Crippen LogP) is 3.14. The molecule has 0 saturated heterocycles. The lowest BCUT2D eigenvalue weighted by atomic mass is 10.1. The summed E-state index contributed by atoms with van der Waals surface area (Å²) in [4.78, 5) is 24.7. The van der Waals surface area contributed by atoms with Crippen molar-refractivity contribution < 1.29 is 4.79 Å². The summed E-state index contributed by atoms with van der Waals surface area (Å²) in [5, 5.41) is 4.50. The number of carbonyl (C=O) groups is 1. The number of aromatic nitrogens is 1. The van der Waals surface area contributed by atoms with Crippen LogP contribution in [0.2, 0.25) is 0 Å². The summed E-state index contributed by atoms with van der Waals surface area (Å²) in [6.07, 6.45) is 3.46. The highest BCUT2D eigenvalue weighted by atomic mass is 16.2. The molecule has 0 spiro atoms. The summed E-state index contributed by atoms with van der Waals surface area (Å²) in [5.41, 5.74) is 1.12. The molecular formula is C21H22N2O2. The first kappa shape index (κ1) is 17.0. The van der Waals surface area contributed by atoms with Crippen molar-refractivity contribution in [1.29, 1.82) is 0 Å². The fourth-order valence-corrected chi connectivity index (χ4v) is 2.93. The van der Waals surface area contributed by atoms with Gasteiger partial charge in [-0.1, -0.05) is 48.5 Å². The zero-order valence-electron chi connectivity index (χ0n) is 14.3. The van der Waals surface area contributed by atoms with Gasteiger partial charge in [0.1, 0.15) is 6.54 Å². The molecule has 0 aliphatic carbocycles. The number of nitrogens with one attached hydrogen (secondary N) is 1. The Balaban J connectivity index is 1.59. The summed E-state index contributed by atoms with van der Waals surface area (Å²) >= 11 is 0. The standard InChI is InChI=1S/C21H22N2O2/c1-16(11-12-17-7-3-2-4-8-17)22-20(24)15-23-14-13-18-9-5-6-10-19(18)21(23)25/h2-10,13-14,16H,11-12,15H2,1H3,(H,22,24)/t16-/m0/s1. The van der Waals surface area contributed by atoms with E-state index < -0.39 is 0 Å². The van der Waals surface area contributed by atoms with E-state index in [1.165, 1.54) is 10.1 Å². The number of nitrogens with zero attached hydrogens (tertiary/aromatic N) is 1. The molecule has 0 fully saturated rings. The van der Waals surface area contributed by atoms with Crippen molar-refractivity contribution in [2.24, 2.45) is 0 Å². The van der Waals surface area contributed by atoms with Gasteiger partial charge in [-0.25, -0.2) is 0 Å². The number of benzene rings is 2. The molecule has 1 amide bonds. The molecule has 0 bridgehead atoms. The molecule has 1 aromatic heterocycles. The van der Waals surface area contributed by atoms with Crippen LogP contribution >= 0.6 is 0 Å². The van der Waals surface area contributed by atoms with Gasteiger partial charge in [-0.05, 0) is 42.8 Å². The summed E-state index contributed by atoms with van der Waals surface area (Å²) in [6, 6.07) is 19.5. The molecule has 0 aliphatic heterocycles. The third kappa shape index (κ3) is 4.35. The van der Waals surface area contributed by atoms with E-state index in [4.69, 9.17) is 0 Å². The number of fused-ring (bicyclic) bond motifs is 1. The van der Waals surface area contributed by atoms with Gasteiger partial charge in [0.2, 0.25) is 5.91 Å². The highest BCUT2D eigenvalue weighted by Gasteiger charge is 2.10. The molecule has 0 radical (unpaired) electrons. The molecule has 128 valence electrons. The zero-order valence-corrected chi connectivity index (χ0v) is 14.3. The third-order valence-electron chi connectivity index (χ3n) is 4.32. The van der Waals surface area contributed by atoms with Crippen molar-refractivity contribution in [3.8, 4) is 0 Å². The second-order valence-electron chi connectivity index (χ2n) is 6.33. The Hall–Kier alpha value is -2.88. The lowest BCUT2D eigenvalue weighted by Crippen LogP contribution is -2.37. The lowest BCUT2D eigenvalue weighted by Gasteiger charge is -2.15. The highest BCUT2D eigenvalue weighted by molar-refractivity contribution is 5.82. The van der Waals surface area contributed by atoms with E-state index in [1.807, 2.05) is 49.4 Å². The van der Waals surface area contributed by atoms with Crippen molar-refractivity contribution in [2.75, 3.05) is 0 Å². The Morgan fingerprint density at radius 3 is 2.56 bits per heavy atom. The minimum atomic E-state index is -0.141. The molecule has 3 aromatic rings. The second kappa shape index (κ2) is 7.79. The summed E-state index contributed by atoms with van der Waals surface area (Å²) in [7, 11) is 0. The van der Waals surface area contributed by atoms with E-state index in [0.717, 1.165) is 18.2 Å². The quantitative estimate of drug-likeness (QED) is 0.753. The molecule has 0 unspecified atom stereocenters. The molecule has 2 aromatic carbocycles. The molecule has 0 saturated carbocycles. The van der Waals surface area contributed by atoms with E-state index in [9.17, 15) is 9.59 Å². The Morgan fingerprint density at radius 2 is 1.76 bits per heavy atom. The SMILES string of the molecule is C[C@@H](CCc1ccccc1)NC(=O)Cn1ccc2ccccc2c1=O. The molecule has 3 rings (SSSR count). The summed E-state index contributed by atoms with van der Waals surface area (Å²) < 4.78 is 1.46. The molecular weight excluding hydrogens is 312 g/mol. The largest absolute Gasteiger partial charge is 0.352 e. The number of hydrogen-bond donors (Lipinski definition) is 1. The van der Waals surface area contributed by atoms with Crippen LogP contribution in [-0.2, 0) is 17.8 Å². The number of amides is 1. The first-order chi connectivity index (χ1) is 12.1. The van der Waals surface area contributed by atoms with Crippen molar-refractivity contribution in [2.45, 2.75) is 32.4 Å². The first-order valence-electron chi connectivity index (χ1n) is 8.55. The smallest absolute Gasteiger partial charge is 0.258 e. The van der Waals surface area contributed by atoms with Gasteiger partial charge in [0.05, 0.1) is 0 Å². The maximum atomic E-state index is 12.4. The van der Waals surface area contributed by atoms with Crippen LogP contribution in [0.15, 0.2) is 71.7 Å². The van der Waals surface area contributed by atoms with Crippen LogP contribution in [0.1, 0.15) is 18.9 Å². The van der Waals surface area contributed by atoms with Crippen LogP contribution in [-0.4, -0.2) is 16.5 Å². The predicted molar refractivity (Wildman–Crippen MR) is 101 cm³/mol. The van der Waals surface area contributed by atoms with Crippen molar-refractivity contribution in [3.05, 3.63) is 82.8 Å². The molecule has 4 heteroatoms. The van der Waals surface area contributed by atoms with Gasteiger partial charge in [0.25, 0.3) is 5.56 Å². The number of rotatable bonds is 6. The molecule has 1 heterocycles. The Kier molecular flexibility index (Phi) is 5.29. The minimum absolute atomic E-state index is 0.0410. The van der Waals surface area contributed by atoms with E-state index in [0.29, 0.717) is 5.39 Å². The number of aryl methyl sites for hydroxylation is 1. The first-order valence-corrected chi connectivity index (χ1v) is 8.55. The topological polar surface area (TPSA) is 51.1 Å². The minimum Gasteiger partial charge on any atom is -0.352 e. The highest BCUT2D eigenvalue weighted by Crippen LogP contribution is 2.08. The Bertz CT molecular complexity index is 916. The normalized spacial score (nSPS) is 12.0. The maximum absolute atomic E-state index is 12.4. The van der Waals surface area contributed by atoms with Gasteiger partial charge in [0, 0.05) is 17.6 Å². The molecule has 1 N–H and O–H groups in total. The van der Waals surface area contributed by atoms with Gasteiger partial charge >= 0.3 is 0 Å². The van der Waals surface area contributed by atoms with Crippen molar-refractivity contribution in [1.82, 2.24) is 9.88 Å². The van der Waals surface area contributed by atoms with E-state index >= 15 is 0 Å². The fourth-order valence-electron chi connectivity index (χ4n) is 2.93. The van der Waals surface area contributed by atoms with Crippen LogP contribution in [0, 0.1) is 0 Å². The average Bonchev–Trinajstić information content (AvgIpc) is 2.63. The molecule has 4 nitrogen and oxygen atoms in total. The van der Waals surface area contributed by atoms with Crippen LogP contribution in [0.4, 0.5) is 0 Å². The van der Waals surface area contributed by atoms with Crippen LogP contribution < -0.4 is 10.9 Å². The van der Waals surface area contributed by atoms with Gasteiger partial charge in [-0.15, -0.1) is 0 Å². The molecule has 1 atom stereocenters. The van der Waals surface area contributed by atoms with E-state index in [-0.39, 0.29) is 24.1 Å². The number of carbonyl (C=O) groups excluding carboxylic acids is 1. The zero-order chi connectivity index (χ0) is 17.6. The van der Waals surface area contributed by atoms with E-state index in [1.54, 1.807) is 12.3 Å². The van der Waals surface area contributed by atoms with Gasteiger partial charge < -0.3 is 9.88 Å². The summed E-state index contributed by atoms with van der Waals surface area (Å²) in [5.74, 6) is -0.141. The summed E-state index contributed by atoms with van der Waals surface area (Å²) in [6.45, 7) is 2.03. The number of hydrogen-bond acceptors (Lipinski definition) is 2. The Labute approximate surface area is 147 Å². The monoisotopic (exact) mass is 334 g/mol. The van der Waals surface area contributed by atoms with Crippen LogP contribution in [0.3, 0.4) is 0 Å². The van der Waals surface area contributed by atoms with Gasteiger partial charge in [-0.3, -0.25) is 9.59 Å². The lowest BCUT2D eigenvalue weighted by molar-refractivity contribution is -0.122. The average molecular weight is 334 g/mol. The third-order valence-corrected chi connectivity index (χ3v) is 4.32.